The molecule has 0 aliphatic carbocycles. The maximum atomic E-state index is 13.7. The number of methoxy groups -OCH3 is 2. The number of ether oxygens (including phenoxy) is 2. The van der Waals surface area contributed by atoms with Crippen LogP contribution in [0.15, 0.2) is 48.7 Å². The molecule has 3 heterocycles. The summed E-state index contributed by atoms with van der Waals surface area (Å²) in [5.41, 5.74) is 7.87. The quantitative estimate of drug-likeness (QED) is 0.757. The highest BCUT2D eigenvalue weighted by Gasteiger charge is 2.64. The average molecular weight is 419 g/mol. The predicted molar refractivity (Wildman–Crippen MR) is 112 cm³/mol. The Morgan fingerprint density at radius 1 is 1.00 bits per heavy atom. The summed E-state index contributed by atoms with van der Waals surface area (Å²) in [6.45, 7) is 0. The lowest BCUT2D eigenvalue weighted by molar-refractivity contribution is -0.129. The summed E-state index contributed by atoms with van der Waals surface area (Å²) in [6.07, 6.45) is 3.64. The van der Waals surface area contributed by atoms with E-state index in [2.05, 4.69) is 0 Å². The summed E-state index contributed by atoms with van der Waals surface area (Å²) in [6, 6.07) is 11.2. The van der Waals surface area contributed by atoms with Crippen LogP contribution in [0.25, 0.3) is 6.08 Å². The number of rotatable bonds is 4. The van der Waals surface area contributed by atoms with Crippen molar-refractivity contribution in [1.82, 2.24) is 4.90 Å². The van der Waals surface area contributed by atoms with Gasteiger partial charge in [0.25, 0.3) is 0 Å². The molecule has 158 valence electrons. The third kappa shape index (κ3) is 2.57. The normalized spacial score (nSPS) is 25.9. The second kappa shape index (κ2) is 6.87. The van der Waals surface area contributed by atoms with Gasteiger partial charge in [-0.05, 0) is 29.3 Å². The smallest absolute Gasteiger partial charge is 0.240 e. The Balaban J connectivity index is 1.66. The van der Waals surface area contributed by atoms with Gasteiger partial charge in [-0.1, -0.05) is 24.3 Å². The van der Waals surface area contributed by atoms with Gasteiger partial charge in [0.2, 0.25) is 17.7 Å². The standard InChI is InChI=1S/C23H21N3O5/c1-30-13-7-8-16(31-2)15(11-13)26-22(28)17-18(23(26)29)20(21(24)27)25-10-9-12-5-3-4-6-14(12)19(17)25/h3-11,17-20H,1-2H3,(H2,24,27). The first-order valence-electron chi connectivity index (χ1n) is 9.91. The predicted octanol–water partition coefficient (Wildman–Crippen LogP) is 1.70. The minimum Gasteiger partial charge on any atom is -0.497 e. The van der Waals surface area contributed by atoms with E-state index in [0.717, 1.165) is 16.0 Å². The number of hydrogen-bond acceptors (Lipinski definition) is 6. The van der Waals surface area contributed by atoms with Crippen LogP contribution in [-0.4, -0.2) is 42.9 Å². The molecule has 4 atom stereocenters. The number of anilines is 1. The third-order valence-electron chi connectivity index (χ3n) is 6.38. The number of imide groups is 1. The first-order valence-corrected chi connectivity index (χ1v) is 9.91. The molecule has 2 aromatic rings. The van der Waals surface area contributed by atoms with Crippen LogP contribution >= 0.6 is 0 Å². The fraction of sp³-hybridized carbons (Fsp3) is 0.261. The van der Waals surface area contributed by atoms with Crippen molar-refractivity contribution in [3.8, 4) is 11.5 Å². The molecule has 3 aliphatic heterocycles. The van der Waals surface area contributed by atoms with Crippen molar-refractivity contribution in [2.75, 3.05) is 19.1 Å². The number of carbonyl (C=O) groups excluding carboxylic acids is 3. The van der Waals surface area contributed by atoms with Crippen LogP contribution in [-0.2, 0) is 14.4 Å². The van der Waals surface area contributed by atoms with Crippen LogP contribution in [0.3, 0.4) is 0 Å². The van der Waals surface area contributed by atoms with E-state index in [1.54, 1.807) is 29.3 Å². The van der Waals surface area contributed by atoms with Crippen molar-refractivity contribution in [3.63, 3.8) is 0 Å². The highest BCUT2D eigenvalue weighted by molar-refractivity contribution is 6.24. The van der Waals surface area contributed by atoms with Gasteiger partial charge in [0.15, 0.2) is 0 Å². The lowest BCUT2D eigenvalue weighted by atomic mass is 9.84. The average Bonchev–Trinajstić information content (AvgIpc) is 3.26. The topological polar surface area (TPSA) is 102 Å². The van der Waals surface area contributed by atoms with Crippen LogP contribution in [0.2, 0.25) is 0 Å². The van der Waals surface area contributed by atoms with Crippen molar-refractivity contribution in [3.05, 3.63) is 59.8 Å². The SMILES string of the molecule is COc1ccc(OC)c(N2C(=O)C3C(C2=O)C2c4ccccc4C=CN2C3C(N)=O)c1. The van der Waals surface area contributed by atoms with Crippen molar-refractivity contribution >= 4 is 29.5 Å². The number of hydrogen-bond donors (Lipinski definition) is 1. The summed E-state index contributed by atoms with van der Waals surface area (Å²) in [4.78, 5) is 42.6. The van der Waals surface area contributed by atoms with E-state index in [0.29, 0.717) is 17.2 Å². The maximum Gasteiger partial charge on any atom is 0.240 e. The molecule has 2 aromatic carbocycles. The van der Waals surface area contributed by atoms with Gasteiger partial charge in [-0.25, -0.2) is 4.90 Å². The first kappa shape index (κ1) is 19.2. The van der Waals surface area contributed by atoms with Crippen molar-refractivity contribution in [2.45, 2.75) is 12.1 Å². The molecule has 0 spiro atoms. The second-order valence-corrected chi connectivity index (χ2v) is 7.79. The monoisotopic (exact) mass is 419 g/mol. The molecule has 8 heteroatoms. The molecular formula is C23H21N3O5. The van der Waals surface area contributed by atoms with Crippen LogP contribution in [0.4, 0.5) is 5.69 Å². The van der Waals surface area contributed by atoms with E-state index in [4.69, 9.17) is 15.2 Å². The van der Waals surface area contributed by atoms with Gasteiger partial charge < -0.3 is 20.1 Å². The summed E-state index contributed by atoms with van der Waals surface area (Å²) >= 11 is 0. The molecule has 0 radical (unpaired) electrons. The van der Waals surface area contributed by atoms with E-state index < -0.39 is 35.7 Å². The fourth-order valence-corrected chi connectivity index (χ4v) is 5.09. The van der Waals surface area contributed by atoms with Crippen molar-refractivity contribution in [1.29, 1.82) is 0 Å². The van der Waals surface area contributed by atoms with Crippen LogP contribution < -0.4 is 20.1 Å². The minimum atomic E-state index is -0.919. The first-order chi connectivity index (χ1) is 15.0. The van der Waals surface area contributed by atoms with Crippen LogP contribution in [0, 0.1) is 11.8 Å². The van der Waals surface area contributed by atoms with E-state index in [-0.39, 0.29) is 5.91 Å². The Kier molecular flexibility index (Phi) is 4.25. The number of benzene rings is 2. The number of primary amides is 1. The zero-order valence-electron chi connectivity index (χ0n) is 17.0. The van der Waals surface area contributed by atoms with Crippen molar-refractivity contribution < 1.29 is 23.9 Å². The second-order valence-electron chi connectivity index (χ2n) is 7.79. The highest BCUT2D eigenvalue weighted by Crippen LogP contribution is 2.53. The molecule has 2 saturated heterocycles. The summed E-state index contributed by atoms with van der Waals surface area (Å²) in [5.74, 6) is -2.28. The molecule has 0 aromatic heterocycles. The zero-order chi connectivity index (χ0) is 21.9. The zero-order valence-corrected chi connectivity index (χ0v) is 17.0. The molecule has 8 nitrogen and oxygen atoms in total. The Morgan fingerprint density at radius 2 is 1.74 bits per heavy atom. The molecule has 0 bridgehead atoms. The van der Waals surface area contributed by atoms with Gasteiger partial charge in [0.05, 0.1) is 37.8 Å². The van der Waals surface area contributed by atoms with Crippen LogP contribution in [0.5, 0.6) is 11.5 Å². The summed E-state index contributed by atoms with van der Waals surface area (Å²) in [5, 5.41) is 0. The molecule has 2 N–H and O–H groups in total. The molecule has 5 rings (SSSR count). The number of amides is 3. The largest absolute Gasteiger partial charge is 0.497 e. The number of carbonyl (C=O) groups is 3. The lowest BCUT2D eigenvalue weighted by Gasteiger charge is -2.34. The summed E-state index contributed by atoms with van der Waals surface area (Å²) in [7, 11) is 2.97. The van der Waals surface area contributed by atoms with Gasteiger partial charge in [-0.2, -0.15) is 0 Å². The number of fused-ring (bicyclic) bond motifs is 5. The summed E-state index contributed by atoms with van der Waals surface area (Å²) < 4.78 is 10.7. The molecule has 31 heavy (non-hydrogen) atoms. The maximum absolute atomic E-state index is 13.7. The molecule has 3 amide bonds. The van der Waals surface area contributed by atoms with E-state index in [9.17, 15) is 14.4 Å². The van der Waals surface area contributed by atoms with Crippen molar-refractivity contribution in [2.24, 2.45) is 17.6 Å². The van der Waals surface area contributed by atoms with Gasteiger partial charge in [-0.3, -0.25) is 14.4 Å². The third-order valence-corrected chi connectivity index (χ3v) is 6.38. The molecule has 3 aliphatic rings. The number of nitrogens with zero attached hydrogens (tertiary/aromatic N) is 2. The Bertz CT molecular complexity index is 1140. The van der Waals surface area contributed by atoms with E-state index >= 15 is 0 Å². The Hall–Kier alpha value is -3.81. The van der Waals surface area contributed by atoms with Gasteiger partial charge in [-0.15, -0.1) is 0 Å². The molecule has 0 saturated carbocycles. The lowest BCUT2D eigenvalue weighted by Crippen LogP contribution is -2.46. The fourth-order valence-electron chi connectivity index (χ4n) is 5.09. The minimum absolute atomic E-state index is 0.292. The van der Waals surface area contributed by atoms with E-state index in [1.807, 2.05) is 30.3 Å². The molecule has 2 fully saturated rings. The number of nitrogens with two attached hydrogens (primary N) is 1. The molecular weight excluding hydrogens is 398 g/mol. The van der Waals surface area contributed by atoms with Crippen LogP contribution in [0.1, 0.15) is 17.2 Å². The van der Waals surface area contributed by atoms with Gasteiger partial charge in [0, 0.05) is 12.3 Å². The molecule has 4 unspecified atom stereocenters. The van der Waals surface area contributed by atoms with Gasteiger partial charge >= 0.3 is 0 Å². The Labute approximate surface area is 178 Å². The van der Waals surface area contributed by atoms with E-state index in [1.165, 1.54) is 14.2 Å². The Morgan fingerprint density at radius 3 is 2.45 bits per heavy atom. The highest BCUT2D eigenvalue weighted by atomic mass is 16.5. The van der Waals surface area contributed by atoms with Gasteiger partial charge in [0.1, 0.15) is 17.5 Å².